The van der Waals surface area contributed by atoms with E-state index in [1.54, 1.807) is 0 Å². The van der Waals surface area contributed by atoms with Crippen molar-refractivity contribution in [1.82, 2.24) is 4.57 Å². The third-order valence-corrected chi connectivity index (χ3v) is 7.81. The van der Waals surface area contributed by atoms with Gasteiger partial charge >= 0.3 is 0 Å². The van der Waals surface area contributed by atoms with Crippen LogP contribution in [0.4, 0.5) is 0 Å². The number of para-hydroxylation sites is 1. The largest absolute Gasteiger partial charge is 0.309 e. The lowest BCUT2D eigenvalue weighted by molar-refractivity contribution is 1.18. The Kier molecular flexibility index (Phi) is 5.68. The Balaban J connectivity index is 1.49. The third-order valence-electron chi connectivity index (χ3n) is 7.28. The number of aromatic nitrogens is 1. The second-order valence-corrected chi connectivity index (χ2v) is 10.5. The first-order valence-corrected chi connectivity index (χ1v) is 13.6. The molecule has 7 rings (SSSR count). The zero-order valence-electron chi connectivity index (χ0n) is 20.7. The van der Waals surface area contributed by atoms with Crippen LogP contribution in [-0.4, -0.2) is 4.57 Å². The Bertz CT molecular complexity index is 1900. The zero-order chi connectivity index (χ0) is 25.5. The van der Waals surface area contributed by atoms with Crippen LogP contribution < -0.4 is 0 Å². The van der Waals surface area contributed by atoms with Gasteiger partial charge in [-0.2, -0.15) is 0 Å². The van der Waals surface area contributed by atoms with Crippen molar-refractivity contribution in [2.45, 2.75) is 0 Å². The molecule has 0 aliphatic carbocycles. The van der Waals surface area contributed by atoms with Crippen molar-refractivity contribution >= 4 is 37.7 Å². The Labute approximate surface area is 230 Å². The van der Waals surface area contributed by atoms with E-state index in [0.717, 1.165) is 10.2 Å². The van der Waals surface area contributed by atoms with Gasteiger partial charge in [0.05, 0.1) is 11.0 Å². The maximum atomic E-state index is 3.57. The smallest absolute Gasteiger partial charge is 0.0547 e. The molecule has 0 amide bonds. The van der Waals surface area contributed by atoms with E-state index in [9.17, 15) is 0 Å². The molecule has 6 aromatic carbocycles. The van der Waals surface area contributed by atoms with Crippen molar-refractivity contribution in [3.8, 4) is 39.1 Å². The van der Waals surface area contributed by atoms with Gasteiger partial charge in [-0.3, -0.25) is 0 Å². The van der Waals surface area contributed by atoms with Crippen molar-refractivity contribution in [3.63, 3.8) is 0 Å². The second kappa shape index (κ2) is 9.48. The standard InChI is InChI=1S/C36H24BrN/c37-29-19-15-26(16-20-29)31-13-7-8-14-32(31)28-18-22-34-33-21-17-27(25-9-3-1-4-10-25)23-35(33)38(36(34)24-28)30-11-5-2-6-12-30/h1-24H. The summed E-state index contributed by atoms with van der Waals surface area (Å²) in [5.74, 6) is 0. The van der Waals surface area contributed by atoms with Crippen LogP contribution in [-0.2, 0) is 0 Å². The maximum absolute atomic E-state index is 3.57. The van der Waals surface area contributed by atoms with E-state index in [2.05, 4.69) is 166 Å². The molecular weight excluding hydrogens is 526 g/mol. The summed E-state index contributed by atoms with van der Waals surface area (Å²) in [7, 11) is 0. The molecule has 2 heteroatoms. The zero-order valence-corrected chi connectivity index (χ0v) is 22.3. The molecule has 0 atom stereocenters. The summed E-state index contributed by atoms with van der Waals surface area (Å²) in [6.07, 6.45) is 0. The summed E-state index contributed by atoms with van der Waals surface area (Å²) < 4.78 is 3.49. The molecule has 180 valence electrons. The quantitative estimate of drug-likeness (QED) is 0.205. The first-order chi connectivity index (χ1) is 18.8. The van der Waals surface area contributed by atoms with Crippen LogP contribution in [0.15, 0.2) is 150 Å². The fourth-order valence-electron chi connectivity index (χ4n) is 5.47. The minimum atomic E-state index is 1.09. The van der Waals surface area contributed by atoms with Gasteiger partial charge in [0, 0.05) is 20.9 Å². The first-order valence-electron chi connectivity index (χ1n) is 12.8. The lowest BCUT2D eigenvalue weighted by atomic mass is 9.94. The molecule has 0 saturated heterocycles. The van der Waals surface area contributed by atoms with Crippen LogP contribution in [0.3, 0.4) is 0 Å². The van der Waals surface area contributed by atoms with E-state index >= 15 is 0 Å². The number of fused-ring (bicyclic) bond motifs is 3. The van der Waals surface area contributed by atoms with Gasteiger partial charge in [-0.15, -0.1) is 0 Å². The number of benzene rings is 6. The maximum Gasteiger partial charge on any atom is 0.0547 e. The minimum Gasteiger partial charge on any atom is -0.309 e. The Morgan fingerprint density at radius 2 is 0.895 bits per heavy atom. The van der Waals surface area contributed by atoms with Gasteiger partial charge in [0.2, 0.25) is 0 Å². The fourth-order valence-corrected chi connectivity index (χ4v) is 5.73. The van der Waals surface area contributed by atoms with Gasteiger partial charge < -0.3 is 4.57 Å². The molecule has 38 heavy (non-hydrogen) atoms. The van der Waals surface area contributed by atoms with Crippen molar-refractivity contribution in [2.75, 3.05) is 0 Å². The highest BCUT2D eigenvalue weighted by molar-refractivity contribution is 9.10. The van der Waals surface area contributed by atoms with E-state index in [-0.39, 0.29) is 0 Å². The van der Waals surface area contributed by atoms with Crippen molar-refractivity contribution < 1.29 is 0 Å². The van der Waals surface area contributed by atoms with Crippen LogP contribution >= 0.6 is 15.9 Å². The van der Waals surface area contributed by atoms with E-state index in [1.807, 2.05) is 0 Å². The van der Waals surface area contributed by atoms with E-state index < -0.39 is 0 Å². The average molecular weight is 550 g/mol. The Morgan fingerprint density at radius 1 is 0.395 bits per heavy atom. The van der Waals surface area contributed by atoms with Crippen LogP contribution in [0.1, 0.15) is 0 Å². The van der Waals surface area contributed by atoms with Crippen molar-refractivity contribution in [1.29, 1.82) is 0 Å². The summed E-state index contributed by atoms with van der Waals surface area (Å²) >= 11 is 3.57. The van der Waals surface area contributed by atoms with Crippen molar-refractivity contribution in [3.05, 3.63) is 150 Å². The highest BCUT2D eigenvalue weighted by Gasteiger charge is 2.15. The normalized spacial score (nSPS) is 11.3. The molecule has 0 bridgehead atoms. The van der Waals surface area contributed by atoms with E-state index in [4.69, 9.17) is 0 Å². The van der Waals surface area contributed by atoms with Gasteiger partial charge in [0.1, 0.15) is 0 Å². The second-order valence-electron chi connectivity index (χ2n) is 9.55. The predicted molar refractivity (Wildman–Crippen MR) is 165 cm³/mol. The highest BCUT2D eigenvalue weighted by Crippen LogP contribution is 2.39. The summed E-state index contributed by atoms with van der Waals surface area (Å²) in [5.41, 5.74) is 10.9. The summed E-state index contributed by atoms with van der Waals surface area (Å²) in [5, 5.41) is 2.52. The van der Waals surface area contributed by atoms with E-state index in [0.29, 0.717) is 0 Å². The lowest BCUT2D eigenvalue weighted by Gasteiger charge is -2.12. The van der Waals surface area contributed by atoms with Gasteiger partial charge in [-0.25, -0.2) is 0 Å². The van der Waals surface area contributed by atoms with Crippen LogP contribution in [0.5, 0.6) is 0 Å². The minimum absolute atomic E-state index is 1.09. The van der Waals surface area contributed by atoms with E-state index in [1.165, 1.54) is 55.2 Å². The lowest BCUT2D eigenvalue weighted by Crippen LogP contribution is -1.94. The average Bonchev–Trinajstić information content (AvgIpc) is 3.31. The van der Waals surface area contributed by atoms with Crippen LogP contribution in [0.2, 0.25) is 0 Å². The number of hydrogen-bond donors (Lipinski definition) is 0. The SMILES string of the molecule is Brc1ccc(-c2ccccc2-c2ccc3c4ccc(-c5ccccc5)cc4n(-c4ccccc4)c3c2)cc1. The van der Waals surface area contributed by atoms with Gasteiger partial charge in [-0.05, 0) is 69.8 Å². The molecular formula is C36H24BrN. The molecule has 0 unspecified atom stereocenters. The Hall–Kier alpha value is -4.40. The van der Waals surface area contributed by atoms with Crippen molar-refractivity contribution in [2.24, 2.45) is 0 Å². The highest BCUT2D eigenvalue weighted by atomic mass is 79.9. The molecule has 0 N–H and O–H groups in total. The van der Waals surface area contributed by atoms with Gasteiger partial charge in [-0.1, -0.05) is 125 Å². The molecule has 1 nitrogen and oxygen atoms in total. The molecule has 1 aromatic heterocycles. The van der Waals surface area contributed by atoms with Gasteiger partial charge in [0.15, 0.2) is 0 Å². The molecule has 0 radical (unpaired) electrons. The van der Waals surface area contributed by atoms with Crippen LogP contribution in [0, 0.1) is 0 Å². The molecule has 0 aliphatic rings. The molecule has 1 heterocycles. The fraction of sp³-hybridized carbons (Fsp3) is 0. The molecule has 0 saturated carbocycles. The summed E-state index contributed by atoms with van der Waals surface area (Å²) in [6.45, 7) is 0. The third kappa shape index (κ3) is 3.95. The topological polar surface area (TPSA) is 4.93 Å². The number of hydrogen-bond acceptors (Lipinski definition) is 0. The summed E-state index contributed by atoms with van der Waals surface area (Å²) in [6, 6.07) is 52.3. The molecule has 7 aromatic rings. The Morgan fingerprint density at radius 3 is 1.55 bits per heavy atom. The number of halogens is 1. The monoisotopic (exact) mass is 549 g/mol. The molecule has 0 fully saturated rings. The molecule has 0 aliphatic heterocycles. The summed E-state index contributed by atoms with van der Waals surface area (Å²) in [4.78, 5) is 0. The predicted octanol–water partition coefficient (Wildman–Crippen LogP) is 10.5. The number of rotatable bonds is 4. The van der Waals surface area contributed by atoms with Gasteiger partial charge in [0.25, 0.3) is 0 Å². The molecule has 0 spiro atoms. The first kappa shape index (κ1) is 22.8. The number of nitrogens with zero attached hydrogens (tertiary/aromatic N) is 1. The van der Waals surface area contributed by atoms with Crippen LogP contribution in [0.25, 0.3) is 60.9 Å².